The summed E-state index contributed by atoms with van der Waals surface area (Å²) in [5.41, 5.74) is -3.21. The summed E-state index contributed by atoms with van der Waals surface area (Å²) in [5.74, 6) is -1.26. The molecule has 0 saturated carbocycles. The molecule has 0 aliphatic carbocycles. The first-order valence-corrected chi connectivity index (χ1v) is 9.65. The number of nitriles is 1. The standard InChI is InChI=1S/C18H13BCl2N6O5/c1-5(2)8-6(3)17(25-24-16(8)30)32-14-10(20)9(19)12(13(28)11(14)21)27-18(31)23-15(29)7(4-22)26-27/h5,28H,1-3H3,(H,24,30)(H,23,29,31). The molecule has 1 aromatic carbocycles. The van der Waals surface area contributed by atoms with Gasteiger partial charge in [0.1, 0.15) is 24.6 Å². The van der Waals surface area contributed by atoms with Gasteiger partial charge in [-0.1, -0.05) is 37.0 Å². The second-order valence-corrected chi connectivity index (χ2v) is 7.61. The Morgan fingerprint density at radius 2 is 1.88 bits per heavy atom. The Morgan fingerprint density at radius 1 is 1.22 bits per heavy atom. The van der Waals surface area contributed by atoms with Gasteiger partial charge in [0.2, 0.25) is 11.6 Å². The highest BCUT2D eigenvalue weighted by Crippen LogP contribution is 2.43. The Morgan fingerprint density at radius 3 is 2.47 bits per heavy atom. The predicted molar refractivity (Wildman–Crippen MR) is 116 cm³/mol. The van der Waals surface area contributed by atoms with Crippen molar-refractivity contribution in [3.63, 3.8) is 0 Å². The number of H-pyrrole nitrogens is 2. The van der Waals surface area contributed by atoms with Crippen molar-refractivity contribution in [1.82, 2.24) is 25.0 Å². The molecule has 0 bridgehead atoms. The van der Waals surface area contributed by atoms with Gasteiger partial charge in [-0.15, -0.1) is 10.2 Å². The SMILES string of the molecule is [B]c1c(Cl)c(Oc2n[nH]c(=O)c(C(C)C)c2C)c(Cl)c(O)c1-n1nc(C#N)c(=O)[nH]c1=O. The molecule has 14 heteroatoms. The largest absolute Gasteiger partial charge is 0.504 e. The van der Waals surface area contributed by atoms with Crippen molar-refractivity contribution in [1.29, 1.82) is 5.26 Å². The fourth-order valence-corrected chi connectivity index (χ4v) is 3.51. The Kier molecular flexibility index (Phi) is 6.16. The fraction of sp³-hybridized carbons (Fsp3) is 0.222. The van der Waals surface area contributed by atoms with Crippen molar-refractivity contribution >= 4 is 36.5 Å². The van der Waals surface area contributed by atoms with Crippen LogP contribution in [0.4, 0.5) is 0 Å². The molecule has 0 unspecified atom stereocenters. The second-order valence-electron chi connectivity index (χ2n) is 6.85. The number of phenols is 1. The molecule has 11 nitrogen and oxygen atoms in total. The number of rotatable bonds is 4. The highest BCUT2D eigenvalue weighted by molar-refractivity contribution is 6.49. The van der Waals surface area contributed by atoms with Crippen molar-refractivity contribution < 1.29 is 9.84 Å². The van der Waals surface area contributed by atoms with E-state index in [0.29, 0.717) is 15.8 Å². The molecule has 0 aliphatic rings. The zero-order valence-electron chi connectivity index (χ0n) is 16.8. The van der Waals surface area contributed by atoms with Crippen LogP contribution in [-0.4, -0.2) is 37.9 Å². The molecule has 0 fully saturated rings. The van der Waals surface area contributed by atoms with Gasteiger partial charge in [-0.25, -0.2) is 9.89 Å². The van der Waals surface area contributed by atoms with Crippen LogP contribution in [0.3, 0.4) is 0 Å². The third-order valence-electron chi connectivity index (χ3n) is 4.47. The van der Waals surface area contributed by atoms with E-state index in [1.165, 1.54) is 6.07 Å². The van der Waals surface area contributed by atoms with Crippen LogP contribution in [0.2, 0.25) is 10.0 Å². The molecule has 2 radical (unpaired) electrons. The number of hydrogen-bond acceptors (Lipinski definition) is 8. The topological polar surface area (TPSA) is 167 Å². The van der Waals surface area contributed by atoms with Gasteiger partial charge < -0.3 is 9.84 Å². The molecular formula is C18H13BCl2N6O5. The molecule has 0 saturated heterocycles. The molecule has 32 heavy (non-hydrogen) atoms. The van der Waals surface area contributed by atoms with E-state index in [0.717, 1.165) is 0 Å². The number of benzene rings is 1. The van der Waals surface area contributed by atoms with Crippen molar-refractivity contribution in [2.45, 2.75) is 26.7 Å². The van der Waals surface area contributed by atoms with Gasteiger partial charge in [0.05, 0.1) is 5.02 Å². The third-order valence-corrected chi connectivity index (χ3v) is 5.20. The lowest BCUT2D eigenvalue weighted by Crippen LogP contribution is -2.35. The van der Waals surface area contributed by atoms with Gasteiger partial charge in [-0.2, -0.15) is 9.94 Å². The molecule has 0 aliphatic heterocycles. The summed E-state index contributed by atoms with van der Waals surface area (Å²) in [6, 6.07) is 1.50. The van der Waals surface area contributed by atoms with Crippen LogP contribution in [0.15, 0.2) is 14.4 Å². The number of aromatic hydroxyl groups is 1. The van der Waals surface area contributed by atoms with Gasteiger partial charge in [-0.3, -0.25) is 14.6 Å². The van der Waals surface area contributed by atoms with E-state index in [-0.39, 0.29) is 28.0 Å². The summed E-state index contributed by atoms with van der Waals surface area (Å²) in [4.78, 5) is 37.7. The number of nitrogens with zero attached hydrogens (tertiary/aromatic N) is 4. The lowest BCUT2D eigenvalue weighted by Gasteiger charge is -2.18. The average Bonchev–Trinajstić information content (AvgIpc) is 2.72. The maximum Gasteiger partial charge on any atom is 0.349 e. The summed E-state index contributed by atoms with van der Waals surface area (Å²) in [6.07, 6.45) is 0. The molecular weight excluding hydrogens is 462 g/mol. The summed E-state index contributed by atoms with van der Waals surface area (Å²) < 4.78 is 6.14. The Balaban J connectivity index is 2.24. The molecule has 2 heterocycles. The summed E-state index contributed by atoms with van der Waals surface area (Å²) in [7, 11) is 5.99. The first-order valence-electron chi connectivity index (χ1n) is 8.90. The highest BCUT2D eigenvalue weighted by atomic mass is 35.5. The minimum atomic E-state index is -1.10. The number of aromatic amines is 2. The van der Waals surface area contributed by atoms with E-state index in [2.05, 4.69) is 15.3 Å². The fourth-order valence-electron chi connectivity index (χ4n) is 3.01. The zero-order chi connectivity index (χ0) is 23.9. The first-order chi connectivity index (χ1) is 15.0. The number of nitrogens with one attached hydrogen (secondary N) is 2. The number of halogens is 2. The molecule has 3 aromatic rings. The number of phenolic OH excluding ortho intramolecular Hbond substituents is 1. The number of aromatic nitrogens is 5. The van der Waals surface area contributed by atoms with E-state index in [1.54, 1.807) is 6.92 Å². The number of hydrogen-bond donors (Lipinski definition) is 3. The molecule has 3 rings (SSSR count). The minimum absolute atomic E-state index is 0.0465. The lowest BCUT2D eigenvalue weighted by molar-refractivity contribution is 0.434. The van der Waals surface area contributed by atoms with Gasteiger partial charge >= 0.3 is 5.69 Å². The van der Waals surface area contributed by atoms with Crippen LogP contribution >= 0.6 is 23.2 Å². The maximum atomic E-state index is 12.2. The molecule has 3 N–H and O–H groups in total. The monoisotopic (exact) mass is 474 g/mol. The van der Waals surface area contributed by atoms with Crippen molar-refractivity contribution in [3.8, 4) is 29.1 Å². The molecule has 0 atom stereocenters. The second kappa shape index (κ2) is 8.53. The average molecular weight is 475 g/mol. The third kappa shape index (κ3) is 3.76. The lowest BCUT2D eigenvalue weighted by atomic mass is 9.92. The van der Waals surface area contributed by atoms with Crippen molar-refractivity contribution in [2.24, 2.45) is 0 Å². The maximum absolute atomic E-state index is 12.2. The summed E-state index contributed by atoms with van der Waals surface area (Å²) in [6.45, 7) is 5.23. The van der Waals surface area contributed by atoms with E-state index >= 15 is 0 Å². The minimum Gasteiger partial charge on any atom is -0.504 e. The quantitative estimate of drug-likeness (QED) is 0.469. The van der Waals surface area contributed by atoms with E-state index in [4.69, 9.17) is 41.0 Å². The van der Waals surface area contributed by atoms with Crippen LogP contribution in [0, 0.1) is 18.3 Å². The van der Waals surface area contributed by atoms with Crippen LogP contribution < -0.4 is 27.0 Å². The van der Waals surface area contributed by atoms with Gasteiger partial charge in [0, 0.05) is 11.1 Å². The molecule has 0 amide bonds. The highest BCUT2D eigenvalue weighted by Gasteiger charge is 2.26. The van der Waals surface area contributed by atoms with Crippen LogP contribution in [-0.2, 0) is 0 Å². The van der Waals surface area contributed by atoms with Gasteiger partial charge in [0.25, 0.3) is 11.1 Å². The Hall–Kier alpha value is -3.56. The first kappa shape index (κ1) is 23.1. The van der Waals surface area contributed by atoms with Crippen LogP contribution in [0.1, 0.15) is 36.6 Å². The molecule has 2 aromatic heterocycles. The zero-order valence-corrected chi connectivity index (χ0v) is 18.3. The Bertz CT molecular complexity index is 1440. The summed E-state index contributed by atoms with van der Waals surface area (Å²) in [5, 5.41) is 28.6. The Labute approximate surface area is 190 Å². The van der Waals surface area contributed by atoms with E-state index in [9.17, 15) is 19.5 Å². The van der Waals surface area contributed by atoms with E-state index in [1.807, 2.05) is 18.8 Å². The van der Waals surface area contributed by atoms with E-state index < -0.39 is 39.0 Å². The predicted octanol–water partition coefficient (Wildman–Crippen LogP) is 0.906. The normalized spacial score (nSPS) is 10.9. The smallest absolute Gasteiger partial charge is 0.349 e. The molecule has 162 valence electrons. The van der Waals surface area contributed by atoms with Crippen molar-refractivity contribution in [2.75, 3.05) is 0 Å². The van der Waals surface area contributed by atoms with Crippen molar-refractivity contribution in [3.05, 3.63) is 58.1 Å². The molecule has 0 spiro atoms. The number of ether oxygens (including phenoxy) is 1. The van der Waals surface area contributed by atoms with Crippen LogP contribution in [0.25, 0.3) is 5.69 Å². The van der Waals surface area contributed by atoms with Gasteiger partial charge in [0.15, 0.2) is 11.5 Å². The van der Waals surface area contributed by atoms with Gasteiger partial charge in [-0.05, 0) is 18.3 Å². The van der Waals surface area contributed by atoms with Crippen LogP contribution in [0.5, 0.6) is 17.4 Å². The summed E-state index contributed by atoms with van der Waals surface area (Å²) >= 11 is 12.5.